The minimum atomic E-state index is -0.0538. The summed E-state index contributed by atoms with van der Waals surface area (Å²) in [5.74, 6) is -0.0538. The molecule has 4 heteroatoms. The molecule has 1 atom stereocenters. The molecule has 3 nitrogen and oxygen atoms in total. The molecule has 0 spiro atoms. The fraction of sp³-hybridized carbons (Fsp3) is 0.571. The maximum Gasteiger partial charge on any atom is 0.253 e. The number of nitrogens with one attached hydrogen (secondary N) is 1. The number of nitrogens with zero attached hydrogens (tertiary/aromatic N) is 1. The number of carbonyl (C=O) groups excluding carboxylic acids is 1. The Labute approximate surface area is 113 Å². The van der Waals surface area contributed by atoms with Crippen LogP contribution >= 0.6 is 11.6 Å². The van der Waals surface area contributed by atoms with Crippen LogP contribution in [0.3, 0.4) is 0 Å². The predicted octanol–water partition coefficient (Wildman–Crippen LogP) is 3.43. The van der Waals surface area contributed by atoms with Crippen molar-refractivity contribution in [2.45, 2.75) is 45.6 Å². The molecule has 1 amide bonds. The van der Waals surface area contributed by atoms with E-state index >= 15 is 0 Å². The first-order valence-electron chi connectivity index (χ1n) is 6.39. The molecule has 18 heavy (non-hydrogen) atoms. The van der Waals surface area contributed by atoms with Crippen molar-refractivity contribution < 1.29 is 4.79 Å². The summed E-state index contributed by atoms with van der Waals surface area (Å²) in [7, 11) is 0. The average molecular weight is 267 g/mol. The van der Waals surface area contributed by atoms with Crippen molar-refractivity contribution >= 4 is 17.5 Å². The summed E-state index contributed by atoms with van der Waals surface area (Å²) in [5, 5.41) is 3.50. The Morgan fingerprint density at radius 2 is 2.28 bits per heavy atom. The summed E-state index contributed by atoms with van der Waals surface area (Å²) in [6.07, 6.45) is 6.04. The molecule has 0 aliphatic heterocycles. The van der Waals surface area contributed by atoms with Crippen LogP contribution in [0, 0.1) is 5.41 Å². The van der Waals surface area contributed by atoms with Gasteiger partial charge in [-0.1, -0.05) is 31.9 Å². The molecule has 1 aromatic heterocycles. The number of hydrogen-bond donors (Lipinski definition) is 1. The Morgan fingerprint density at radius 3 is 2.89 bits per heavy atom. The minimum Gasteiger partial charge on any atom is -0.349 e. The summed E-state index contributed by atoms with van der Waals surface area (Å²) >= 11 is 5.70. The minimum absolute atomic E-state index is 0.0538. The number of pyridine rings is 1. The van der Waals surface area contributed by atoms with Crippen LogP contribution in [0.25, 0.3) is 0 Å². The van der Waals surface area contributed by atoms with E-state index in [4.69, 9.17) is 11.6 Å². The number of carbonyl (C=O) groups is 1. The maximum absolute atomic E-state index is 12.0. The highest BCUT2D eigenvalue weighted by molar-refractivity contribution is 6.29. The van der Waals surface area contributed by atoms with Gasteiger partial charge in [0, 0.05) is 12.2 Å². The molecule has 1 heterocycles. The quantitative estimate of drug-likeness (QED) is 0.834. The third kappa shape index (κ3) is 3.45. The van der Waals surface area contributed by atoms with Gasteiger partial charge in [-0.2, -0.15) is 0 Å². The Kier molecular flexibility index (Phi) is 3.91. The lowest BCUT2D eigenvalue weighted by atomic mass is 9.75. The molecule has 1 saturated carbocycles. The maximum atomic E-state index is 12.0. The molecule has 0 aromatic carbocycles. The molecule has 1 unspecified atom stereocenters. The lowest BCUT2D eigenvalue weighted by Crippen LogP contribution is -2.40. The Hall–Kier alpha value is -1.09. The second-order valence-electron chi connectivity index (χ2n) is 5.80. The van der Waals surface area contributed by atoms with E-state index in [0.717, 1.165) is 12.8 Å². The summed E-state index contributed by atoms with van der Waals surface area (Å²) < 4.78 is 0. The van der Waals surface area contributed by atoms with Crippen molar-refractivity contribution in [2.24, 2.45) is 5.41 Å². The smallest absolute Gasteiger partial charge is 0.253 e. The zero-order valence-corrected chi connectivity index (χ0v) is 11.6. The number of aromatic nitrogens is 1. The van der Waals surface area contributed by atoms with Crippen molar-refractivity contribution in [1.82, 2.24) is 10.3 Å². The second kappa shape index (κ2) is 5.27. The van der Waals surface area contributed by atoms with Crippen LogP contribution in [-0.4, -0.2) is 16.9 Å². The summed E-state index contributed by atoms with van der Waals surface area (Å²) in [5.41, 5.74) is 0.900. The Bertz CT molecular complexity index is 428. The standard InChI is InChI=1S/C14H19ClN2O/c1-14(2)7-3-4-11(8-14)17-13(18)10-5-6-12(15)16-9-10/h5-6,9,11H,3-4,7-8H2,1-2H3,(H,17,18). The molecule has 1 aliphatic carbocycles. The van der Waals surface area contributed by atoms with Gasteiger partial charge in [-0.15, -0.1) is 0 Å². The third-order valence-electron chi connectivity index (χ3n) is 3.53. The monoisotopic (exact) mass is 266 g/mol. The Morgan fingerprint density at radius 1 is 1.50 bits per heavy atom. The molecule has 98 valence electrons. The van der Waals surface area contributed by atoms with Gasteiger partial charge in [0.25, 0.3) is 5.91 Å². The average Bonchev–Trinajstić information content (AvgIpc) is 2.28. The second-order valence-corrected chi connectivity index (χ2v) is 6.19. The van der Waals surface area contributed by atoms with Crippen LogP contribution in [0.2, 0.25) is 5.15 Å². The first-order valence-corrected chi connectivity index (χ1v) is 6.76. The van der Waals surface area contributed by atoms with Gasteiger partial charge in [0.15, 0.2) is 0 Å². The molecular formula is C14H19ClN2O. The molecule has 0 radical (unpaired) electrons. The number of rotatable bonds is 2. The van der Waals surface area contributed by atoms with E-state index in [1.807, 2.05) is 0 Å². The van der Waals surface area contributed by atoms with Crippen molar-refractivity contribution in [3.8, 4) is 0 Å². The number of amides is 1. The van der Waals surface area contributed by atoms with Gasteiger partial charge < -0.3 is 5.32 Å². The van der Waals surface area contributed by atoms with Crippen LogP contribution in [0.1, 0.15) is 49.9 Å². The van der Waals surface area contributed by atoms with E-state index in [-0.39, 0.29) is 11.9 Å². The Balaban J connectivity index is 1.97. The van der Waals surface area contributed by atoms with Crippen molar-refractivity contribution in [1.29, 1.82) is 0 Å². The highest BCUT2D eigenvalue weighted by Crippen LogP contribution is 2.35. The highest BCUT2D eigenvalue weighted by Gasteiger charge is 2.28. The molecule has 1 fully saturated rings. The summed E-state index contributed by atoms with van der Waals surface area (Å²) in [6.45, 7) is 4.52. The van der Waals surface area contributed by atoms with Crippen LogP contribution < -0.4 is 5.32 Å². The molecule has 1 aliphatic rings. The van der Waals surface area contributed by atoms with Crippen molar-refractivity contribution in [3.63, 3.8) is 0 Å². The van der Waals surface area contributed by atoms with E-state index in [0.29, 0.717) is 16.1 Å². The normalized spacial score (nSPS) is 22.5. The molecule has 0 saturated heterocycles. The van der Waals surface area contributed by atoms with Crippen LogP contribution in [0.5, 0.6) is 0 Å². The van der Waals surface area contributed by atoms with Crippen molar-refractivity contribution in [3.05, 3.63) is 29.0 Å². The van der Waals surface area contributed by atoms with Gasteiger partial charge in [-0.25, -0.2) is 4.98 Å². The fourth-order valence-corrected chi connectivity index (χ4v) is 2.71. The summed E-state index contributed by atoms with van der Waals surface area (Å²) in [4.78, 5) is 16.0. The van der Waals surface area contributed by atoms with E-state index in [9.17, 15) is 4.79 Å². The SMILES string of the molecule is CC1(C)CCCC(NC(=O)c2ccc(Cl)nc2)C1. The largest absolute Gasteiger partial charge is 0.349 e. The van der Waals surface area contributed by atoms with Gasteiger partial charge >= 0.3 is 0 Å². The lowest BCUT2D eigenvalue weighted by molar-refractivity contribution is 0.0902. The van der Waals surface area contributed by atoms with Gasteiger partial charge in [-0.3, -0.25) is 4.79 Å². The number of hydrogen-bond acceptors (Lipinski definition) is 2. The summed E-state index contributed by atoms with van der Waals surface area (Å²) in [6, 6.07) is 3.62. The molecule has 0 bridgehead atoms. The van der Waals surface area contributed by atoms with Crippen molar-refractivity contribution in [2.75, 3.05) is 0 Å². The molecule has 1 aromatic rings. The van der Waals surface area contributed by atoms with E-state index in [2.05, 4.69) is 24.1 Å². The topological polar surface area (TPSA) is 42.0 Å². The first kappa shape index (κ1) is 13.3. The van der Waals surface area contributed by atoms with Gasteiger partial charge in [0.05, 0.1) is 5.56 Å². The lowest BCUT2D eigenvalue weighted by Gasteiger charge is -2.35. The van der Waals surface area contributed by atoms with Crippen LogP contribution in [0.15, 0.2) is 18.3 Å². The van der Waals surface area contributed by atoms with Gasteiger partial charge in [0.2, 0.25) is 0 Å². The highest BCUT2D eigenvalue weighted by atomic mass is 35.5. The van der Waals surface area contributed by atoms with E-state index in [1.165, 1.54) is 19.0 Å². The van der Waals surface area contributed by atoms with Crippen LogP contribution in [-0.2, 0) is 0 Å². The zero-order chi connectivity index (χ0) is 13.2. The molecular weight excluding hydrogens is 248 g/mol. The van der Waals surface area contributed by atoms with Crippen LogP contribution in [0.4, 0.5) is 0 Å². The molecule has 1 N–H and O–H groups in total. The fourth-order valence-electron chi connectivity index (χ4n) is 2.60. The third-order valence-corrected chi connectivity index (χ3v) is 3.75. The first-order chi connectivity index (χ1) is 8.46. The molecule has 2 rings (SSSR count). The van der Waals surface area contributed by atoms with E-state index < -0.39 is 0 Å². The van der Waals surface area contributed by atoms with Gasteiger partial charge in [-0.05, 0) is 36.8 Å². The zero-order valence-electron chi connectivity index (χ0n) is 10.9. The predicted molar refractivity (Wildman–Crippen MR) is 72.8 cm³/mol. The van der Waals surface area contributed by atoms with E-state index in [1.54, 1.807) is 12.1 Å². The number of halogens is 1. The van der Waals surface area contributed by atoms with Gasteiger partial charge in [0.1, 0.15) is 5.15 Å².